The van der Waals surface area contributed by atoms with E-state index >= 15 is 0 Å². The van der Waals surface area contributed by atoms with Gasteiger partial charge in [0.2, 0.25) is 0 Å². The highest BCUT2D eigenvalue weighted by Crippen LogP contribution is 2.15. The molecule has 0 heterocycles. The number of hydrogen-bond donors (Lipinski definition) is 0. The van der Waals surface area contributed by atoms with E-state index in [1.165, 1.54) is 16.7 Å². The van der Waals surface area contributed by atoms with Crippen LogP contribution in [0.15, 0.2) is 84.0 Å². The molecule has 0 spiro atoms. The van der Waals surface area contributed by atoms with Crippen LogP contribution in [0.2, 0.25) is 0 Å². The first-order valence-electron chi connectivity index (χ1n) is 9.20. The summed E-state index contributed by atoms with van der Waals surface area (Å²) in [7, 11) is 0. The molecule has 0 amide bonds. The van der Waals surface area contributed by atoms with Crippen molar-refractivity contribution in [3.05, 3.63) is 101 Å². The molecule has 0 saturated heterocycles. The zero-order valence-electron chi connectivity index (χ0n) is 16.0. The molecule has 0 aliphatic rings. The first-order chi connectivity index (χ1) is 12.6. The Morgan fingerprint density at radius 1 is 0.885 bits per heavy atom. The Morgan fingerprint density at radius 3 is 2.31 bits per heavy atom. The van der Waals surface area contributed by atoms with E-state index in [0.29, 0.717) is 0 Å². The number of carbonyl (C=O) groups excluding carboxylic acids is 1. The minimum Gasteiger partial charge on any atom is -0.289 e. The maximum atomic E-state index is 12.3. The molecule has 0 N–H and O–H groups in total. The van der Waals surface area contributed by atoms with Crippen LogP contribution in [-0.2, 0) is 6.42 Å². The van der Waals surface area contributed by atoms with Gasteiger partial charge in [0.25, 0.3) is 0 Å². The van der Waals surface area contributed by atoms with Crippen molar-refractivity contribution in [2.45, 2.75) is 40.0 Å². The highest BCUT2D eigenvalue weighted by molar-refractivity contribution is 6.06. The van der Waals surface area contributed by atoms with E-state index in [2.05, 4.69) is 51.1 Å². The first-order valence-corrected chi connectivity index (χ1v) is 9.20. The maximum absolute atomic E-state index is 12.3. The van der Waals surface area contributed by atoms with E-state index < -0.39 is 0 Å². The highest BCUT2D eigenvalue weighted by atomic mass is 16.1. The van der Waals surface area contributed by atoms with Crippen molar-refractivity contribution in [2.75, 3.05) is 0 Å². The molecule has 0 bridgehead atoms. The average Bonchev–Trinajstić information content (AvgIpc) is 2.65. The molecule has 0 radical (unpaired) electrons. The lowest BCUT2D eigenvalue weighted by molar-refractivity contribution is 0.104. The van der Waals surface area contributed by atoms with Gasteiger partial charge in [0, 0.05) is 5.56 Å². The minimum absolute atomic E-state index is 0.0360. The monoisotopic (exact) mass is 344 g/mol. The largest absolute Gasteiger partial charge is 0.289 e. The van der Waals surface area contributed by atoms with Crippen molar-refractivity contribution >= 4 is 11.9 Å². The van der Waals surface area contributed by atoms with Crippen molar-refractivity contribution in [3.8, 4) is 0 Å². The molecule has 0 unspecified atom stereocenters. The summed E-state index contributed by atoms with van der Waals surface area (Å²) >= 11 is 0. The van der Waals surface area contributed by atoms with Gasteiger partial charge in [-0.05, 0) is 57.2 Å². The molecule has 0 aromatic heterocycles. The first kappa shape index (κ1) is 19.7. The number of ketones is 1. The normalized spacial score (nSPS) is 11.6. The van der Waals surface area contributed by atoms with Gasteiger partial charge >= 0.3 is 0 Å². The molecule has 0 aliphatic heterocycles. The Bertz CT molecular complexity index is 803. The van der Waals surface area contributed by atoms with Crippen LogP contribution in [0.1, 0.15) is 55.1 Å². The van der Waals surface area contributed by atoms with Crippen LogP contribution in [0, 0.1) is 0 Å². The van der Waals surface area contributed by atoms with Gasteiger partial charge in [0.05, 0.1) is 0 Å². The third-order valence-corrected chi connectivity index (χ3v) is 4.29. The van der Waals surface area contributed by atoms with Crippen LogP contribution in [0.3, 0.4) is 0 Å². The quantitative estimate of drug-likeness (QED) is 0.292. The Hall–Kier alpha value is -2.67. The summed E-state index contributed by atoms with van der Waals surface area (Å²) in [6.45, 7) is 6.47. The lowest BCUT2D eigenvalue weighted by atomic mass is 10.0. The van der Waals surface area contributed by atoms with Crippen LogP contribution in [0.25, 0.3) is 6.08 Å². The minimum atomic E-state index is 0.0360. The summed E-state index contributed by atoms with van der Waals surface area (Å²) in [5, 5.41) is 0. The van der Waals surface area contributed by atoms with Gasteiger partial charge < -0.3 is 0 Å². The van der Waals surface area contributed by atoms with E-state index in [9.17, 15) is 4.79 Å². The Morgan fingerprint density at radius 2 is 1.58 bits per heavy atom. The predicted molar refractivity (Wildman–Crippen MR) is 112 cm³/mol. The SMILES string of the molecule is CC(C)=CCC/C(C)=C/Cc1ccccc1/C=C/C(=O)c1ccccc1. The molecule has 0 fully saturated rings. The Kier molecular flexibility index (Phi) is 7.82. The third-order valence-electron chi connectivity index (χ3n) is 4.29. The van der Waals surface area contributed by atoms with E-state index in [4.69, 9.17) is 0 Å². The molecule has 1 heteroatoms. The average molecular weight is 344 g/mol. The van der Waals surface area contributed by atoms with Crippen LogP contribution in [0.4, 0.5) is 0 Å². The van der Waals surface area contributed by atoms with Crippen LogP contribution < -0.4 is 0 Å². The highest BCUT2D eigenvalue weighted by Gasteiger charge is 2.02. The summed E-state index contributed by atoms with van der Waals surface area (Å²) in [6, 6.07) is 17.6. The maximum Gasteiger partial charge on any atom is 0.185 e. The third kappa shape index (κ3) is 6.68. The molecule has 1 nitrogen and oxygen atoms in total. The van der Waals surface area contributed by atoms with Gasteiger partial charge in [-0.2, -0.15) is 0 Å². The predicted octanol–water partition coefficient (Wildman–Crippen LogP) is 6.82. The fourth-order valence-corrected chi connectivity index (χ4v) is 2.72. The lowest BCUT2D eigenvalue weighted by Gasteiger charge is -2.05. The summed E-state index contributed by atoms with van der Waals surface area (Å²) < 4.78 is 0. The van der Waals surface area contributed by atoms with Crippen molar-refractivity contribution in [2.24, 2.45) is 0 Å². The van der Waals surface area contributed by atoms with Gasteiger partial charge in [-0.3, -0.25) is 4.79 Å². The molecule has 0 aliphatic carbocycles. The van der Waals surface area contributed by atoms with Crippen LogP contribution in [-0.4, -0.2) is 5.78 Å². The zero-order valence-corrected chi connectivity index (χ0v) is 16.0. The zero-order chi connectivity index (χ0) is 18.8. The fraction of sp³-hybridized carbons (Fsp3) is 0.240. The summed E-state index contributed by atoms with van der Waals surface area (Å²) in [6.07, 6.45) is 11.2. The molecular formula is C25H28O. The number of hydrogen-bond acceptors (Lipinski definition) is 1. The van der Waals surface area contributed by atoms with Gasteiger partial charge in [-0.15, -0.1) is 0 Å². The number of carbonyl (C=O) groups is 1. The number of rotatable bonds is 8. The lowest BCUT2D eigenvalue weighted by Crippen LogP contribution is -1.94. The molecule has 26 heavy (non-hydrogen) atoms. The topological polar surface area (TPSA) is 17.1 Å². The molecule has 2 rings (SSSR count). The molecule has 0 saturated carbocycles. The second-order valence-corrected chi connectivity index (χ2v) is 6.84. The van der Waals surface area contributed by atoms with Gasteiger partial charge in [-0.1, -0.05) is 84.0 Å². The Labute approximate surface area is 157 Å². The van der Waals surface area contributed by atoms with Crippen molar-refractivity contribution in [3.63, 3.8) is 0 Å². The van der Waals surface area contributed by atoms with E-state index in [1.807, 2.05) is 42.5 Å². The summed E-state index contributed by atoms with van der Waals surface area (Å²) in [4.78, 5) is 12.3. The second-order valence-electron chi connectivity index (χ2n) is 6.84. The standard InChI is InChI=1S/C25H28O/c1-20(2)10-9-11-21(3)16-17-22-12-7-8-13-23(22)18-19-25(26)24-14-5-4-6-15-24/h4-8,10,12-16,18-19H,9,11,17H2,1-3H3/b19-18+,21-16+. The molecule has 134 valence electrons. The van der Waals surface area contributed by atoms with E-state index in [1.54, 1.807) is 6.08 Å². The van der Waals surface area contributed by atoms with Crippen molar-refractivity contribution < 1.29 is 4.79 Å². The molecule has 2 aromatic rings. The smallest absolute Gasteiger partial charge is 0.185 e. The van der Waals surface area contributed by atoms with Gasteiger partial charge in [0.15, 0.2) is 5.78 Å². The summed E-state index contributed by atoms with van der Waals surface area (Å²) in [5.74, 6) is 0.0360. The fourth-order valence-electron chi connectivity index (χ4n) is 2.72. The Balaban J connectivity index is 2.04. The van der Waals surface area contributed by atoms with Crippen LogP contribution in [0.5, 0.6) is 0 Å². The van der Waals surface area contributed by atoms with Gasteiger partial charge in [0.1, 0.15) is 0 Å². The van der Waals surface area contributed by atoms with Gasteiger partial charge in [-0.25, -0.2) is 0 Å². The molecule has 0 atom stereocenters. The van der Waals surface area contributed by atoms with Crippen molar-refractivity contribution in [1.29, 1.82) is 0 Å². The number of allylic oxidation sites excluding steroid dienone is 5. The van der Waals surface area contributed by atoms with E-state index in [-0.39, 0.29) is 5.78 Å². The molecular weight excluding hydrogens is 316 g/mol. The van der Waals surface area contributed by atoms with E-state index in [0.717, 1.165) is 30.4 Å². The second kappa shape index (κ2) is 10.4. The van der Waals surface area contributed by atoms with Crippen LogP contribution >= 0.6 is 0 Å². The number of benzene rings is 2. The van der Waals surface area contributed by atoms with Crippen molar-refractivity contribution in [1.82, 2.24) is 0 Å². The summed E-state index contributed by atoms with van der Waals surface area (Å²) in [5.41, 5.74) is 5.84. The molecule has 2 aromatic carbocycles.